The van der Waals surface area contributed by atoms with Crippen LogP contribution in [0.15, 0.2) is 18.2 Å². The molecule has 0 aliphatic heterocycles. The standard InChI is InChI=1S/C11H14N/c1-7-3-4-9-6-8(2)11(12)10(9)5-7/h3-5,8,11-12H,6H2,1-2H3/t8-,11-/m0/s1. The lowest BCUT2D eigenvalue weighted by Gasteiger charge is -2.08. The Kier molecular flexibility index (Phi) is 1.69. The van der Waals surface area contributed by atoms with Crippen LogP contribution in [0.2, 0.25) is 0 Å². The van der Waals surface area contributed by atoms with Crippen molar-refractivity contribution in [1.29, 1.82) is 0 Å². The van der Waals surface area contributed by atoms with Crippen LogP contribution in [0.4, 0.5) is 0 Å². The van der Waals surface area contributed by atoms with Crippen molar-refractivity contribution < 1.29 is 0 Å². The highest BCUT2D eigenvalue weighted by molar-refractivity contribution is 5.38. The average molecular weight is 160 g/mol. The van der Waals surface area contributed by atoms with Gasteiger partial charge in [0.1, 0.15) is 0 Å². The maximum Gasteiger partial charge on any atom is 0.0494 e. The minimum absolute atomic E-state index is 0.0138. The van der Waals surface area contributed by atoms with E-state index < -0.39 is 0 Å². The summed E-state index contributed by atoms with van der Waals surface area (Å²) in [5, 5.41) is 0. The van der Waals surface area contributed by atoms with Crippen molar-refractivity contribution >= 4 is 0 Å². The predicted octanol–water partition coefficient (Wildman–Crippen LogP) is 2.51. The van der Waals surface area contributed by atoms with E-state index in [4.69, 9.17) is 5.73 Å². The molecular weight excluding hydrogens is 146 g/mol. The van der Waals surface area contributed by atoms with E-state index in [2.05, 4.69) is 32.0 Å². The van der Waals surface area contributed by atoms with E-state index in [1.165, 1.54) is 16.7 Å². The monoisotopic (exact) mass is 160 g/mol. The molecule has 2 rings (SSSR count). The first-order chi connectivity index (χ1) is 5.68. The Balaban J connectivity index is 2.48. The summed E-state index contributed by atoms with van der Waals surface area (Å²) in [6, 6.07) is 6.50. The highest BCUT2D eigenvalue weighted by atomic mass is 14.7. The summed E-state index contributed by atoms with van der Waals surface area (Å²) in [5.74, 6) is 0.502. The topological polar surface area (TPSA) is 23.8 Å². The fraction of sp³-hybridized carbons (Fsp3) is 0.455. The van der Waals surface area contributed by atoms with Crippen LogP contribution in [0.25, 0.3) is 0 Å². The highest BCUT2D eigenvalue weighted by Gasteiger charge is 2.26. The molecule has 0 aromatic heterocycles. The SMILES string of the molecule is Cc1ccc2c(c1)[C@@H]([NH])[C@@H](C)C2. The number of hydrogen-bond acceptors (Lipinski definition) is 0. The molecule has 2 atom stereocenters. The first kappa shape index (κ1) is 7.81. The van der Waals surface area contributed by atoms with Crippen LogP contribution in [-0.4, -0.2) is 0 Å². The first-order valence-corrected chi connectivity index (χ1v) is 4.49. The predicted molar refractivity (Wildman–Crippen MR) is 49.9 cm³/mol. The molecule has 1 radical (unpaired) electrons. The van der Waals surface area contributed by atoms with Gasteiger partial charge in [-0.1, -0.05) is 30.7 Å². The number of hydrogen-bond donors (Lipinski definition) is 0. The number of aryl methyl sites for hydroxylation is 1. The molecule has 1 aliphatic rings. The normalized spacial score (nSPS) is 27.2. The third kappa shape index (κ3) is 1.05. The zero-order valence-electron chi connectivity index (χ0n) is 7.59. The molecule has 0 saturated heterocycles. The Labute approximate surface area is 73.6 Å². The molecule has 0 heterocycles. The summed E-state index contributed by atoms with van der Waals surface area (Å²) in [7, 11) is 0. The summed E-state index contributed by atoms with van der Waals surface area (Å²) >= 11 is 0. The largest absolute Gasteiger partial charge is 0.249 e. The lowest BCUT2D eigenvalue weighted by molar-refractivity contribution is 0.501. The summed E-state index contributed by atoms with van der Waals surface area (Å²) in [5.41, 5.74) is 11.8. The van der Waals surface area contributed by atoms with E-state index in [0.717, 1.165) is 6.42 Å². The summed E-state index contributed by atoms with van der Waals surface area (Å²) in [6.07, 6.45) is 1.09. The quantitative estimate of drug-likeness (QED) is 0.557. The second-order valence-electron chi connectivity index (χ2n) is 3.86. The highest BCUT2D eigenvalue weighted by Crippen LogP contribution is 2.35. The molecule has 1 aromatic rings. The Bertz CT molecular complexity index is 304. The number of nitrogens with one attached hydrogen (secondary N) is 1. The summed E-state index contributed by atoms with van der Waals surface area (Å²) in [4.78, 5) is 0. The summed E-state index contributed by atoms with van der Waals surface area (Å²) in [6.45, 7) is 4.25. The molecule has 1 aliphatic carbocycles. The van der Waals surface area contributed by atoms with Gasteiger partial charge in [-0.05, 0) is 30.4 Å². The van der Waals surface area contributed by atoms with E-state index in [9.17, 15) is 0 Å². The smallest absolute Gasteiger partial charge is 0.0494 e. The zero-order valence-corrected chi connectivity index (χ0v) is 7.59. The lowest BCUT2D eigenvalue weighted by Crippen LogP contribution is -2.03. The molecular formula is C11H14N. The fourth-order valence-electron chi connectivity index (χ4n) is 1.96. The van der Waals surface area contributed by atoms with Crippen LogP contribution >= 0.6 is 0 Å². The van der Waals surface area contributed by atoms with E-state index in [0.29, 0.717) is 5.92 Å². The van der Waals surface area contributed by atoms with Gasteiger partial charge in [0.05, 0.1) is 0 Å². The second kappa shape index (κ2) is 2.60. The van der Waals surface area contributed by atoms with Crippen molar-refractivity contribution in [2.24, 2.45) is 5.92 Å². The van der Waals surface area contributed by atoms with Crippen molar-refractivity contribution in [2.75, 3.05) is 0 Å². The third-order valence-corrected chi connectivity index (χ3v) is 2.75. The second-order valence-corrected chi connectivity index (χ2v) is 3.86. The van der Waals surface area contributed by atoms with Crippen molar-refractivity contribution in [3.63, 3.8) is 0 Å². The van der Waals surface area contributed by atoms with E-state index >= 15 is 0 Å². The van der Waals surface area contributed by atoms with E-state index in [1.54, 1.807) is 0 Å². The van der Waals surface area contributed by atoms with Crippen LogP contribution < -0.4 is 5.73 Å². The molecule has 12 heavy (non-hydrogen) atoms. The van der Waals surface area contributed by atoms with E-state index in [1.807, 2.05) is 0 Å². The molecule has 0 saturated carbocycles. The molecule has 1 nitrogen and oxygen atoms in total. The third-order valence-electron chi connectivity index (χ3n) is 2.75. The van der Waals surface area contributed by atoms with Crippen molar-refractivity contribution in [1.82, 2.24) is 5.73 Å². The summed E-state index contributed by atoms with van der Waals surface area (Å²) < 4.78 is 0. The molecule has 1 aromatic carbocycles. The van der Waals surface area contributed by atoms with Crippen LogP contribution in [0.5, 0.6) is 0 Å². The van der Waals surface area contributed by atoms with Gasteiger partial charge in [0.2, 0.25) is 0 Å². The van der Waals surface area contributed by atoms with Gasteiger partial charge < -0.3 is 0 Å². The molecule has 1 N–H and O–H groups in total. The van der Waals surface area contributed by atoms with Crippen molar-refractivity contribution in [3.8, 4) is 0 Å². The maximum atomic E-state index is 7.92. The van der Waals surface area contributed by atoms with Gasteiger partial charge in [-0.25, -0.2) is 5.73 Å². The molecule has 0 fully saturated rings. The van der Waals surface area contributed by atoms with Crippen molar-refractivity contribution in [3.05, 3.63) is 34.9 Å². The number of benzene rings is 1. The molecule has 1 heteroatoms. The minimum Gasteiger partial charge on any atom is -0.249 e. The number of rotatable bonds is 0. The van der Waals surface area contributed by atoms with Gasteiger partial charge in [-0.2, -0.15) is 0 Å². The molecule has 0 bridgehead atoms. The Morgan fingerprint density at radius 2 is 2.17 bits per heavy atom. The van der Waals surface area contributed by atoms with Gasteiger partial charge in [0.25, 0.3) is 0 Å². The van der Waals surface area contributed by atoms with Crippen LogP contribution in [-0.2, 0) is 6.42 Å². The fourth-order valence-corrected chi connectivity index (χ4v) is 1.96. The van der Waals surface area contributed by atoms with E-state index in [-0.39, 0.29) is 6.04 Å². The van der Waals surface area contributed by atoms with Crippen LogP contribution in [0.1, 0.15) is 29.7 Å². The molecule has 63 valence electrons. The average Bonchev–Trinajstić information content (AvgIpc) is 2.31. The molecule has 0 amide bonds. The molecule has 0 spiro atoms. The molecule has 0 unspecified atom stereocenters. The van der Waals surface area contributed by atoms with Crippen molar-refractivity contribution in [2.45, 2.75) is 26.3 Å². The van der Waals surface area contributed by atoms with Gasteiger partial charge in [-0.3, -0.25) is 0 Å². The van der Waals surface area contributed by atoms with Gasteiger partial charge in [0.15, 0.2) is 0 Å². The van der Waals surface area contributed by atoms with Crippen LogP contribution in [0.3, 0.4) is 0 Å². The lowest BCUT2D eigenvalue weighted by atomic mass is 10.0. The van der Waals surface area contributed by atoms with Gasteiger partial charge in [-0.15, -0.1) is 0 Å². The van der Waals surface area contributed by atoms with Gasteiger partial charge >= 0.3 is 0 Å². The minimum atomic E-state index is 0.0138. The zero-order chi connectivity index (χ0) is 8.72. The van der Waals surface area contributed by atoms with Crippen LogP contribution in [0, 0.1) is 12.8 Å². The number of fused-ring (bicyclic) bond motifs is 1. The maximum absolute atomic E-state index is 7.92. The Morgan fingerprint density at radius 1 is 1.42 bits per heavy atom. The first-order valence-electron chi connectivity index (χ1n) is 4.49. The van der Waals surface area contributed by atoms with Gasteiger partial charge in [0, 0.05) is 6.04 Å². The Hall–Kier alpha value is -0.820. The Morgan fingerprint density at radius 3 is 2.92 bits per heavy atom.